The van der Waals surface area contributed by atoms with Gasteiger partial charge in [0, 0.05) is 21.9 Å². The second-order valence-electron chi connectivity index (χ2n) is 5.59. The summed E-state index contributed by atoms with van der Waals surface area (Å²) in [6, 6.07) is 8.51. The molecule has 0 radical (unpaired) electrons. The van der Waals surface area contributed by atoms with E-state index in [0.717, 1.165) is 4.88 Å². The molecule has 0 aliphatic carbocycles. The van der Waals surface area contributed by atoms with Gasteiger partial charge in [0.05, 0.1) is 24.1 Å². The molecule has 0 saturated carbocycles. The van der Waals surface area contributed by atoms with Gasteiger partial charge in [-0.25, -0.2) is 8.42 Å². The van der Waals surface area contributed by atoms with Crippen LogP contribution in [0.2, 0.25) is 0 Å². The number of sulfonamides is 1. The fourth-order valence-corrected chi connectivity index (χ4v) is 5.56. The van der Waals surface area contributed by atoms with E-state index in [1.807, 2.05) is 6.92 Å². The Morgan fingerprint density at radius 3 is 2.56 bits per heavy atom. The summed E-state index contributed by atoms with van der Waals surface area (Å²) in [5, 5.41) is 3.87. The predicted octanol–water partition coefficient (Wildman–Crippen LogP) is 4.14. The number of aromatic nitrogens is 1. The van der Waals surface area contributed by atoms with Gasteiger partial charge in [0.2, 0.25) is 0 Å². The Morgan fingerprint density at radius 1 is 1.16 bits per heavy atom. The van der Waals surface area contributed by atoms with Crippen molar-refractivity contribution in [1.29, 1.82) is 0 Å². The van der Waals surface area contributed by atoms with Crippen LogP contribution in [0.5, 0.6) is 5.75 Å². The second kappa shape index (κ2) is 6.53. The zero-order valence-electron chi connectivity index (χ0n) is 14.3. The zero-order chi connectivity index (χ0) is 18.2. The highest BCUT2D eigenvalue weighted by Gasteiger charge is 2.28. The number of methoxy groups -OCH3 is 1. The molecular formula is C17H18N2O4S2. The average molecular weight is 378 g/mol. The van der Waals surface area contributed by atoms with Crippen LogP contribution in [0, 0.1) is 20.8 Å². The molecule has 0 bridgehead atoms. The van der Waals surface area contributed by atoms with Crippen LogP contribution in [0.15, 0.2) is 39.8 Å². The van der Waals surface area contributed by atoms with Gasteiger partial charge < -0.3 is 9.26 Å². The van der Waals surface area contributed by atoms with E-state index in [1.54, 1.807) is 44.2 Å². The van der Waals surface area contributed by atoms with E-state index in [2.05, 4.69) is 9.88 Å². The Labute approximate surface area is 150 Å². The Kier molecular flexibility index (Phi) is 4.57. The fraction of sp³-hybridized carbons (Fsp3) is 0.235. The van der Waals surface area contributed by atoms with Crippen LogP contribution in [0.3, 0.4) is 0 Å². The summed E-state index contributed by atoms with van der Waals surface area (Å²) in [6.45, 7) is 5.45. The summed E-state index contributed by atoms with van der Waals surface area (Å²) >= 11 is 1.41. The summed E-state index contributed by atoms with van der Waals surface area (Å²) in [6.07, 6.45) is 0. The van der Waals surface area contributed by atoms with Crippen molar-refractivity contribution in [2.75, 3.05) is 11.8 Å². The molecule has 1 N–H and O–H groups in total. The minimum Gasteiger partial charge on any atom is -0.497 e. The van der Waals surface area contributed by atoms with Crippen molar-refractivity contribution >= 4 is 27.0 Å². The van der Waals surface area contributed by atoms with Crippen LogP contribution < -0.4 is 9.46 Å². The lowest BCUT2D eigenvalue weighted by molar-refractivity contribution is 0.415. The van der Waals surface area contributed by atoms with Gasteiger partial charge in [-0.3, -0.25) is 4.72 Å². The molecule has 0 saturated heterocycles. The lowest BCUT2D eigenvalue weighted by Crippen LogP contribution is -2.14. The number of aryl methyl sites for hydroxylation is 3. The molecule has 8 heteroatoms. The molecule has 2 heterocycles. The highest BCUT2D eigenvalue weighted by molar-refractivity contribution is 7.93. The van der Waals surface area contributed by atoms with Crippen LogP contribution in [0.25, 0.3) is 11.3 Å². The Balaban J connectivity index is 2.08. The van der Waals surface area contributed by atoms with Crippen molar-refractivity contribution in [3.05, 3.63) is 45.8 Å². The molecule has 0 aliphatic rings. The first-order valence-corrected chi connectivity index (χ1v) is 9.82. The maximum atomic E-state index is 13.0. The van der Waals surface area contributed by atoms with E-state index in [-0.39, 0.29) is 4.90 Å². The number of hydrogen-bond acceptors (Lipinski definition) is 6. The SMILES string of the molecule is COc1cccc(NS(=O)(=O)c2c(C)sc(C)c2-c2cc(C)no2)c1. The number of hydrogen-bond donors (Lipinski definition) is 1. The smallest absolute Gasteiger partial charge is 0.263 e. The minimum absolute atomic E-state index is 0.217. The second-order valence-corrected chi connectivity index (χ2v) is 8.64. The summed E-state index contributed by atoms with van der Waals surface area (Å²) in [5.41, 5.74) is 1.68. The third kappa shape index (κ3) is 3.40. The Bertz CT molecular complexity index is 1020. The lowest BCUT2D eigenvalue weighted by atomic mass is 10.2. The van der Waals surface area contributed by atoms with E-state index in [0.29, 0.717) is 33.3 Å². The van der Waals surface area contributed by atoms with Crippen LogP contribution >= 0.6 is 11.3 Å². The summed E-state index contributed by atoms with van der Waals surface area (Å²) < 4.78 is 39.1. The first kappa shape index (κ1) is 17.5. The molecular weight excluding hydrogens is 360 g/mol. The molecule has 0 atom stereocenters. The lowest BCUT2D eigenvalue weighted by Gasteiger charge is -2.10. The molecule has 3 aromatic rings. The molecule has 6 nitrogen and oxygen atoms in total. The third-order valence-corrected chi connectivity index (χ3v) is 6.37. The summed E-state index contributed by atoms with van der Waals surface area (Å²) in [5.74, 6) is 1.02. The molecule has 0 unspecified atom stereocenters. The van der Waals surface area contributed by atoms with Gasteiger partial charge >= 0.3 is 0 Å². The average Bonchev–Trinajstić information content (AvgIpc) is 3.09. The van der Waals surface area contributed by atoms with Crippen molar-refractivity contribution in [2.45, 2.75) is 25.7 Å². The van der Waals surface area contributed by atoms with Crippen molar-refractivity contribution in [2.24, 2.45) is 0 Å². The summed E-state index contributed by atoms with van der Waals surface area (Å²) in [4.78, 5) is 1.77. The first-order chi connectivity index (χ1) is 11.8. The van der Waals surface area contributed by atoms with Gasteiger partial charge in [-0.1, -0.05) is 11.2 Å². The maximum absolute atomic E-state index is 13.0. The topological polar surface area (TPSA) is 81.4 Å². The molecule has 2 aromatic heterocycles. The minimum atomic E-state index is -3.80. The van der Waals surface area contributed by atoms with Gasteiger partial charge in [-0.2, -0.15) is 0 Å². The van der Waals surface area contributed by atoms with Gasteiger partial charge in [-0.05, 0) is 32.9 Å². The van der Waals surface area contributed by atoms with Crippen LogP contribution in [-0.2, 0) is 10.0 Å². The van der Waals surface area contributed by atoms with Crippen LogP contribution in [0.1, 0.15) is 15.4 Å². The monoisotopic (exact) mass is 378 g/mol. The van der Waals surface area contributed by atoms with Crippen LogP contribution in [-0.4, -0.2) is 20.7 Å². The number of ether oxygens (including phenoxy) is 1. The molecule has 0 spiro atoms. The zero-order valence-corrected chi connectivity index (χ0v) is 15.9. The number of thiophene rings is 1. The van der Waals surface area contributed by atoms with Crippen molar-refractivity contribution < 1.29 is 17.7 Å². The van der Waals surface area contributed by atoms with Gasteiger partial charge in [0.25, 0.3) is 10.0 Å². The molecule has 3 rings (SSSR count). The maximum Gasteiger partial charge on any atom is 0.263 e. The number of nitrogens with one attached hydrogen (secondary N) is 1. The largest absolute Gasteiger partial charge is 0.497 e. The van der Waals surface area contributed by atoms with Gasteiger partial charge in [-0.15, -0.1) is 11.3 Å². The highest BCUT2D eigenvalue weighted by atomic mass is 32.2. The molecule has 0 amide bonds. The predicted molar refractivity (Wildman–Crippen MR) is 97.8 cm³/mol. The van der Waals surface area contributed by atoms with Gasteiger partial charge in [0.1, 0.15) is 10.6 Å². The van der Waals surface area contributed by atoms with E-state index < -0.39 is 10.0 Å². The number of benzene rings is 1. The van der Waals surface area contributed by atoms with Crippen molar-refractivity contribution in [1.82, 2.24) is 5.16 Å². The molecule has 1 aromatic carbocycles. The number of rotatable bonds is 5. The Hall–Kier alpha value is -2.32. The number of nitrogens with zero attached hydrogens (tertiary/aromatic N) is 1. The normalized spacial score (nSPS) is 11.5. The van der Waals surface area contributed by atoms with Crippen LogP contribution in [0.4, 0.5) is 5.69 Å². The molecule has 0 aliphatic heterocycles. The van der Waals surface area contributed by atoms with Crippen molar-refractivity contribution in [3.8, 4) is 17.1 Å². The fourth-order valence-electron chi connectivity index (χ4n) is 2.65. The Morgan fingerprint density at radius 2 is 1.92 bits per heavy atom. The summed E-state index contributed by atoms with van der Waals surface area (Å²) in [7, 11) is -2.27. The highest BCUT2D eigenvalue weighted by Crippen LogP contribution is 2.40. The standard InChI is InChI=1S/C17H18N2O4S2/c1-10-8-15(23-18-10)16-11(2)24-12(3)17(16)25(20,21)19-13-6-5-7-14(9-13)22-4/h5-9,19H,1-4H3. The van der Waals surface area contributed by atoms with E-state index >= 15 is 0 Å². The first-order valence-electron chi connectivity index (χ1n) is 7.52. The van der Waals surface area contributed by atoms with E-state index in [4.69, 9.17) is 9.26 Å². The molecule has 132 valence electrons. The van der Waals surface area contributed by atoms with Crippen molar-refractivity contribution in [3.63, 3.8) is 0 Å². The van der Waals surface area contributed by atoms with E-state index in [9.17, 15) is 8.42 Å². The molecule has 0 fully saturated rings. The van der Waals surface area contributed by atoms with Gasteiger partial charge in [0.15, 0.2) is 5.76 Å². The third-order valence-electron chi connectivity index (χ3n) is 3.67. The molecule has 25 heavy (non-hydrogen) atoms. The quantitative estimate of drug-likeness (QED) is 0.722. The number of anilines is 1. The van der Waals surface area contributed by atoms with E-state index in [1.165, 1.54) is 18.4 Å².